The van der Waals surface area contributed by atoms with Crippen molar-refractivity contribution in [2.45, 2.75) is 19.9 Å². The third-order valence-corrected chi connectivity index (χ3v) is 5.38. The van der Waals surface area contributed by atoms with Gasteiger partial charge in [-0.05, 0) is 23.8 Å². The van der Waals surface area contributed by atoms with E-state index in [9.17, 15) is 4.79 Å². The van der Waals surface area contributed by atoms with E-state index in [0.717, 1.165) is 28.2 Å². The molecule has 3 aromatic heterocycles. The molecule has 0 radical (unpaired) electrons. The Kier molecular flexibility index (Phi) is 4.31. The molecule has 7 heteroatoms. The number of carbonyl (C=O) groups excluding carboxylic acids is 1. The van der Waals surface area contributed by atoms with Gasteiger partial charge in [0, 0.05) is 30.4 Å². The zero-order valence-corrected chi connectivity index (χ0v) is 14.7. The van der Waals surface area contributed by atoms with Crippen molar-refractivity contribution in [2.75, 3.05) is 6.54 Å². The number of hydrogen-bond acceptors (Lipinski definition) is 5. The van der Waals surface area contributed by atoms with Crippen molar-refractivity contribution < 1.29 is 4.79 Å². The lowest BCUT2D eigenvalue weighted by molar-refractivity contribution is -0.122. The Labute approximate surface area is 149 Å². The van der Waals surface area contributed by atoms with Crippen molar-refractivity contribution in [3.63, 3.8) is 0 Å². The molecule has 0 unspecified atom stereocenters. The second kappa shape index (κ2) is 6.76. The third kappa shape index (κ3) is 3.32. The number of rotatable bonds is 6. The van der Waals surface area contributed by atoms with E-state index in [2.05, 4.69) is 33.4 Å². The average Bonchev–Trinajstić information content (AvgIpc) is 3.04. The van der Waals surface area contributed by atoms with Crippen molar-refractivity contribution in [2.24, 2.45) is 11.8 Å². The van der Waals surface area contributed by atoms with Crippen LogP contribution in [0.1, 0.15) is 13.3 Å². The molecule has 1 saturated carbocycles. The van der Waals surface area contributed by atoms with Gasteiger partial charge < -0.3 is 5.32 Å². The first-order valence-corrected chi connectivity index (χ1v) is 9.26. The van der Waals surface area contributed by atoms with Crippen molar-refractivity contribution in [1.82, 2.24) is 25.1 Å². The van der Waals surface area contributed by atoms with Crippen LogP contribution in [0.15, 0.2) is 42.3 Å². The van der Waals surface area contributed by atoms with E-state index >= 15 is 0 Å². The van der Waals surface area contributed by atoms with Crippen LogP contribution in [0.5, 0.6) is 0 Å². The lowest BCUT2D eigenvalue weighted by atomic mass is 10.1. The van der Waals surface area contributed by atoms with Gasteiger partial charge in [0.1, 0.15) is 0 Å². The molecule has 1 fully saturated rings. The number of thiophene rings is 1. The van der Waals surface area contributed by atoms with Gasteiger partial charge >= 0.3 is 0 Å². The summed E-state index contributed by atoms with van der Waals surface area (Å²) in [6.07, 6.45) is 7.92. The quantitative estimate of drug-likeness (QED) is 0.740. The number of nitrogens with zero attached hydrogens (tertiary/aromatic N) is 4. The highest BCUT2D eigenvalue weighted by molar-refractivity contribution is 7.13. The van der Waals surface area contributed by atoms with Gasteiger partial charge in [-0.25, -0.2) is 0 Å². The minimum atomic E-state index is 0.159. The molecule has 1 amide bonds. The molecule has 0 saturated heterocycles. The van der Waals surface area contributed by atoms with E-state index in [4.69, 9.17) is 0 Å². The summed E-state index contributed by atoms with van der Waals surface area (Å²) >= 11 is 1.66. The van der Waals surface area contributed by atoms with E-state index < -0.39 is 0 Å². The minimum Gasteiger partial charge on any atom is -0.354 e. The number of hydrogen-bond donors (Lipinski definition) is 1. The molecule has 0 aromatic carbocycles. The summed E-state index contributed by atoms with van der Waals surface area (Å²) in [6, 6.07) is 4.09. The molecule has 1 aliphatic carbocycles. The number of nitrogens with one attached hydrogen (secondary N) is 1. The molecule has 0 bridgehead atoms. The van der Waals surface area contributed by atoms with Crippen molar-refractivity contribution in [3.05, 3.63) is 42.3 Å². The first-order valence-electron chi connectivity index (χ1n) is 8.38. The summed E-state index contributed by atoms with van der Waals surface area (Å²) in [7, 11) is 0. The van der Waals surface area contributed by atoms with E-state index in [1.165, 1.54) is 0 Å². The zero-order valence-electron chi connectivity index (χ0n) is 13.9. The average molecular weight is 353 g/mol. The van der Waals surface area contributed by atoms with Crippen LogP contribution >= 0.6 is 11.3 Å². The largest absolute Gasteiger partial charge is 0.354 e. The lowest BCUT2D eigenvalue weighted by Crippen LogP contribution is -2.29. The number of amides is 1. The normalized spacial score (nSPS) is 18.9. The summed E-state index contributed by atoms with van der Waals surface area (Å²) in [6.45, 7) is 3.31. The van der Waals surface area contributed by atoms with Crippen LogP contribution in [-0.4, -0.2) is 32.2 Å². The van der Waals surface area contributed by atoms with Gasteiger partial charge in [-0.15, -0.1) is 11.3 Å². The maximum Gasteiger partial charge on any atom is 0.223 e. The molecule has 128 valence electrons. The van der Waals surface area contributed by atoms with E-state index in [1.54, 1.807) is 29.9 Å². The van der Waals surface area contributed by atoms with Gasteiger partial charge in [-0.1, -0.05) is 13.0 Å². The zero-order chi connectivity index (χ0) is 17.2. The van der Waals surface area contributed by atoms with Gasteiger partial charge in [0.05, 0.1) is 35.2 Å². The van der Waals surface area contributed by atoms with Crippen molar-refractivity contribution >= 4 is 17.2 Å². The van der Waals surface area contributed by atoms with Crippen molar-refractivity contribution in [1.29, 1.82) is 0 Å². The van der Waals surface area contributed by atoms with Gasteiger partial charge in [0.25, 0.3) is 0 Å². The molecule has 2 atom stereocenters. The third-order valence-electron chi connectivity index (χ3n) is 4.50. The monoisotopic (exact) mass is 353 g/mol. The topological polar surface area (TPSA) is 72.7 Å². The molecule has 6 nitrogen and oxygen atoms in total. The molecule has 1 N–H and O–H groups in total. The first kappa shape index (κ1) is 16.0. The molecule has 0 aliphatic heterocycles. The van der Waals surface area contributed by atoms with E-state index in [-0.39, 0.29) is 11.8 Å². The molecular weight excluding hydrogens is 334 g/mol. The molecule has 1 aliphatic rings. The Morgan fingerprint density at radius 3 is 2.96 bits per heavy atom. The highest BCUT2D eigenvalue weighted by atomic mass is 32.1. The Morgan fingerprint density at radius 1 is 1.40 bits per heavy atom. The van der Waals surface area contributed by atoms with Crippen LogP contribution in [0.2, 0.25) is 0 Å². The van der Waals surface area contributed by atoms with E-state index in [1.807, 2.05) is 22.3 Å². The fourth-order valence-corrected chi connectivity index (χ4v) is 3.75. The van der Waals surface area contributed by atoms with Crippen LogP contribution in [0.3, 0.4) is 0 Å². The fraction of sp³-hybridized carbons (Fsp3) is 0.333. The number of aromatic nitrogens is 4. The summed E-state index contributed by atoms with van der Waals surface area (Å²) in [4.78, 5) is 21.7. The van der Waals surface area contributed by atoms with Crippen LogP contribution in [-0.2, 0) is 11.3 Å². The summed E-state index contributed by atoms with van der Waals surface area (Å²) in [5.41, 5.74) is 2.77. The summed E-state index contributed by atoms with van der Waals surface area (Å²) < 4.78 is 1.94. The van der Waals surface area contributed by atoms with Crippen LogP contribution in [0.4, 0.5) is 0 Å². The molecule has 3 heterocycles. The second-order valence-electron chi connectivity index (χ2n) is 6.31. The predicted molar refractivity (Wildman–Crippen MR) is 96.8 cm³/mol. The molecule has 3 aromatic rings. The van der Waals surface area contributed by atoms with Crippen LogP contribution in [0.25, 0.3) is 21.8 Å². The minimum absolute atomic E-state index is 0.159. The fourth-order valence-electron chi connectivity index (χ4n) is 2.96. The Balaban J connectivity index is 1.55. The smallest absolute Gasteiger partial charge is 0.223 e. The first-order chi connectivity index (χ1) is 12.2. The number of carbonyl (C=O) groups is 1. The molecule has 25 heavy (non-hydrogen) atoms. The van der Waals surface area contributed by atoms with Gasteiger partial charge in [-0.2, -0.15) is 5.10 Å². The van der Waals surface area contributed by atoms with Crippen molar-refractivity contribution in [3.8, 4) is 21.8 Å². The lowest BCUT2D eigenvalue weighted by Gasteiger charge is -2.09. The Hall–Kier alpha value is -2.54. The molecule has 4 rings (SSSR count). The maximum atomic E-state index is 12.0. The van der Waals surface area contributed by atoms with Gasteiger partial charge in [0.15, 0.2) is 0 Å². The van der Waals surface area contributed by atoms with Crippen LogP contribution < -0.4 is 5.32 Å². The second-order valence-corrected chi connectivity index (χ2v) is 7.26. The molecule has 0 spiro atoms. The SMILES string of the molecule is C[C@@H]1C[C@@H]1C(=O)NCCn1ncc(-c2cnccn2)c1-c1cccs1. The Bertz CT molecular complexity index is 859. The summed E-state index contributed by atoms with van der Waals surface area (Å²) in [5, 5.41) is 9.59. The van der Waals surface area contributed by atoms with Gasteiger partial charge in [0.2, 0.25) is 5.91 Å². The molecular formula is C18H19N5OS. The van der Waals surface area contributed by atoms with Gasteiger partial charge in [-0.3, -0.25) is 19.4 Å². The predicted octanol–water partition coefficient (Wildman–Crippen LogP) is 2.84. The highest BCUT2D eigenvalue weighted by Crippen LogP contribution is 2.37. The maximum absolute atomic E-state index is 12.0. The standard InChI is InChI=1S/C18H19N5OS/c1-12-9-13(12)18(24)21-6-7-23-17(16-3-2-8-25-16)14(10-22-23)15-11-19-4-5-20-15/h2-5,8,10-13H,6-7,9H2,1H3,(H,21,24)/t12-,13+/m1/s1. The highest BCUT2D eigenvalue weighted by Gasteiger charge is 2.38. The summed E-state index contributed by atoms with van der Waals surface area (Å²) in [5.74, 6) is 0.880. The van der Waals surface area contributed by atoms with E-state index in [0.29, 0.717) is 19.0 Å². The van der Waals surface area contributed by atoms with Crippen LogP contribution in [0, 0.1) is 11.8 Å². The Morgan fingerprint density at radius 2 is 2.28 bits per heavy atom.